The van der Waals surface area contributed by atoms with Gasteiger partial charge in [0.1, 0.15) is 6.16 Å². The van der Waals surface area contributed by atoms with Crippen molar-refractivity contribution >= 4 is 7.60 Å². The number of halogens is 3. The molecule has 0 aliphatic carbocycles. The largest absolute Gasteiger partial charge is 0.769 e. The van der Waals surface area contributed by atoms with E-state index in [1.54, 1.807) is 0 Å². The zero-order chi connectivity index (χ0) is 9.83. The first-order chi connectivity index (χ1) is 5.27. The molecule has 72 valence electrons. The fourth-order valence-corrected chi connectivity index (χ4v) is 1.23. The van der Waals surface area contributed by atoms with Gasteiger partial charge in [-0.25, -0.2) is 0 Å². The maximum atomic E-state index is 11.5. The highest BCUT2D eigenvalue weighted by Gasteiger charge is 2.33. The molecule has 1 unspecified atom stereocenters. The molecule has 0 aromatic heterocycles. The molecule has 0 radical (unpaired) electrons. The van der Waals surface area contributed by atoms with Crippen LogP contribution < -0.4 is 4.89 Å². The summed E-state index contributed by atoms with van der Waals surface area (Å²) in [7, 11) is -4.79. The Hall–Kier alpha value is -0.480. The van der Waals surface area contributed by atoms with Gasteiger partial charge in [0, 0.05) is 0 Å². The van der Waals surface area contributed by atoms with Crippen LogP contribution in [0.1, 0.15) is 6.92 Å². The second kappa shape index (κ2) is 3.96. The summed E-state index contributed by atoms with van der Waals surface area (Å²) in [6.45, 7) is 1.42. The van der Waals surface area contributed by atoms with Crippen molar-refractivity contribution in [2.75, 3.05) is 6.16 Å². The molecule has 0 aromatic rings. The van der Waals surface area contributed by atoms with Crippen LogP contribution in [0.3, 0.4) is 0 Å². The molecule has 0 saturated heterocycles. The van der Waals surface area contributed by atoms with Gasteiger partial charge in [0.05, 0.1) is 6.26 Å². The van der Waals surface area contributed by atoms with Gasteiger partial charge < -0.3 is 9.42 Å². The minimum absolute atomic E-state index is 0.694. The van der Waals surface area contributed by atoms with Crippen molar-refractivity contribution in [1.82, 2.24) is 0 Å². The second-order valence-corrected chi connectivity index (χ2v) is 3.71. The molecule has 0 aliphatic heterocycles. The number of rotatable bonds is 3. The summed E-state index contributed by atoms with van der Waals surface area (Å²) in [6.07, 6.45) is -4.82. The molecule has 12 heavy (non-hydrogen) atoms. The van der Waals surface area contributed by atoms with Gasteiger partial charge in [-0.3, -0.25) is 4.57 Å². The molecule has 0 N–H and O–H groups in total. The molecule has 0 saturated carbocycles. The Kier molecular flexibility index (Phi) is 3.80. The fraction of sp³-hybridized carbons (Fsp3) is 0.600. The maximum absolute atomic E-state index is 11.5. The van der Waals surface area contributed by atoms with Crippen molar-refractivity contribution in [2.24, 2.45) is 0 Å². The first-order valence-corrected chi connectivity index (χ1v) is 4.66. The van der Waals surface area contributed by atoms with E-state index in [-0.39, 0.29) is 0 Å². The van der Waals surface area contributed by atoms with E-state index in [9.17, 15) is 22.6 Å². The lowest BCUT2D eigenvalue weighted by Gasteiger charge is -2.22. The smallest absolute Gasteiger partial charge is 0.397 e. The highest BCUT2D eigenvalue weighted by molar-refractivity contribution is 7.51. The van der Waals surface area contributed by atoms with Gasteiger partial charge in [-0.2, -0.15) is 13.2 Å². The summed E-state index contributed by atoms with van der Waals surface area (Å²) in [6, 6.07) is 0. The summed E-state index contributed by atoms with van der Waals surface area (Å²) < 4.78 is 48.8. The monoisotopic (exact) mass is 203 g/mol. The average Bonchev–Trinajstić information content (AvgIpc) is 1.78. The van der Waals surface area contributed by atoms with Gasteiger partial charge in [-0.15, -0.1) is 0 Å². The van der Waals surface area contributed by atoms with Crippen LogP contribution in [-0.2, 0) is 9.09 Å². The quantitative estimate of drug-likeness (QED) is 0.517. The van der Waals surface area contributed by atoms with Crippen LogP contribution in [-0.4, -0.2) is 12.3 Å². The van der Waals surface area contributed by atoms with E-state index in [1.165, 1.54) is 13.0 Å². The zero-order valence-electron chi connectivity index (χ0n) is 6.17. The molecule has 0 aromatic carbocycles. The van der Waals surface area contributed by atoms with Crippen LogP contribution in [0.5, 0.6) is 0 Å². The third-order valence-electron chi connectivity index (χ3n) is 0.730. The van der Waals surface area contributed by atoms with Crippen molar-refractivity contribution < 1.29 is 27.2 Å². The lowest BCUT2D eigenvalue weighted by molar-refractivity contribution is -0.204. The van der Waals surface area contributed by atoms with Gasteiger partial charge in [-0.1, -0.05) is 6.08 Å². The van der Waals surface area contributed by atoms with Crippen LogP contribution in [0.25, 0.3) is 0 Å². The van der Waals surface area contributed by atoms with Crippen LogP contribution in [0.15, 0.2) is 12.3 Å². The zero-order valence-corrected chi connectivity index (χ0v) is 7.06. The van der Waals surface area contributed by atoms with Gasteiger partial charge in [0.2, 0.25) is 0 Å². The van der Waals surface area contributed by atoms with E-state index in [0.717, 1.165) is 0 Å². The normalized spacial score (nSPS) is 17.8. The molecule has 0 rings (SSSR count). The molecule has 1 atom stereocenters. The molecule has 0 amide bonds. The Morgan fingerprint density at radius 2 is 2.08 bits per heavy atom. The van der Waals surface area contributed by atoms with Crippen molar-refractivity contribution in [3.63, 3.8) is 0 Å². The molecule has 0 aliphatic rings. The Bertz CT molecular complexity index is 210. The SMILES string of the molecule is CC=COP(=O)([O-])CC(F)(F)F. The highest BCUT2D eigenvalue weighted by atomic mass is 31.2. The minimum Gasteiger partial charge on any atom is -0.769 e. The molecule has 3 nitrogen and oxygen atoms in total. The Morgan fingerprint density at radius 1 is 1.58 bits per heavy atom. The molecule has 0 fully saturated rings. The number of hydrogen-bond acceptors (Lipinski definition) is 3. The summed E-state index contributed by atoms with van der Waals surface area (Å²) in [4.78, 5) is 10.4. The van der Waals surface area contributed by atoms with Gasteiger partial charge in [0.15, 0.2) is 7.60 Å². The Morgan fingerprint density at radius 3 is 2.42 bits per heavy atom. The van der Waals surface area contributed by atoms with Crippen molar-refractivity contribution in [3.05, 3.63) is 12.3 Å². The molecular formula is C5H7F3O3P-. The van der Waals surface area contributed by atoms with Crippen molar-refractivity contribution in [3.8, 4) is 0 Å². The second-order valence-electron chi connectivity index (χ2n) is 1.96. The Labute approximate surface area is 67.4 Å². The van der Waals surface area contributed by atoms with E-state index in [0.29, 0.717) is 6.26 Å². The van der Waals surface area contributed by atoms with Crippen LogP contribution in [0.4, 0.5) is 13.2 Å². The van der Waals surface area contributed by atoms with E-state index < -0.39 is 19.9 Å². The third-order valence-corrected chi connectivity index (χ3v) is 1.92. The third kappa shape index (κ3) is 6.24. The molecule has 0 heterocycles. The number of hydrogen-bond donors (Lipinski definition) is 0. The Balaban J connectivity index is 4.14. The van der Waals surface area contributed by atoms with Gasteiger partial charge >= 0.3 is 6.18 Å². The minimum atomic E-state index is -4.79. The standard InChI is InChI=1S/C5H8F3O3P/c1-2-3-11-12(9,10)4-5(6,7)8/h2-3H,4H2,1H3,(H,9,10)/p-1. The van der Waals surface area contributed by atoms with E-state index >= 15 is 0 Å². The first kappa shape index (κ1) is 11.5. The first-order valence-electron chi connectivity index (χ1n) is 2.93. The lowest BCUT2D eigenvalue weighted by atomic mass is 10.8. The van der Waals surface area contributed by atoms with Gasteiger partial charge in [-0.05, 0) is 6.92 Å². The summed E-state index contributed by atoms with van der Waals surface area (Å²) in [5.41, 5.74) is 0. The summed E-state index contributed by atoms with van der Waals surface area (Å²) in [5, 5.41) is 0. The summed E-state index contributed by atoms with van der Waals surface area (Å²) >= 11 is 0. The number of allylic oxidation sites excluding steroid dienone is 1. The highest BCUT2D eigenvalue weighted by Crippen LogP contribution is 2.42. The molecule has 0 spiro atoms. The van der Waals surface area contributed by atoms with Crippen molar-refractivity contribution in [2.45, 2.75) is 13.1 Å². The number of alkyl halides is 3. The maximum Gasteiger partial charge on any atom is 0.397 e. The van der Waals surface area contributed by atoms with Crippen LogP contribution in [0.2, 0.25) is 0 Å². The van der Waals surface area contributed by atoms with E-state index in [2.05, 4.69) is 4.52 Å². The predicted molar refractivity (Wildman–Crippen MR) is 34.4 cm³/mol. The van der Waals surface area contributed by atoms with Crippen LogP contribution in [0, 0.1) is 0 Å². The topological polar surface area (TPSA) is 49.4 Å². The fourth-order valence-electron chi connectivity index (χ4n) is 0.410. The molecule has 7 heteroatoms. The predicted octanol–water partition coefficient (Wildman–Crippen LogP) is 1.65. The van der Waals surface area contributed by atoms with Gasteiger partial charge in [0.25, 0.3) is 0 Å². The molecule has 0 bridgehead atoms. The lowest BCUT2D eigenvalue weighted by Crippen LogP contribution is -2.20. The summed E-state index contributed by atoms with van der Waals surface area (Å²) in [5.74, 6) is 0. The molecular weight excluding hydrogens is 196 g/mol. The van der Waals surface area contributed by atoms with E-state index in [4.69, 9.17) is 0 Å². The average molecular weight is 203 g/mol. The van der Waals surface area contributed by atoms with Crippen LogP contribution >= 0.6 is 7.60 Å². The van der Waals surface area contributed by atoms with E-state index in [1.807, 2.05) is 0 Å². The van der Waals surface area contributed by atoms with Crippen molar-refractivity contribution in [1.29, 1.82) is 0 Å².